The minimum Gasteiger partial charge on any atom is -0.472 e. The van der Waals surface area contributed by atoms with Crippen molar-refractivity contribution in [3.63, 3.8) is 0 Å². The Labute approximate surface area is 152 Å². The summed E-state index contributed by atoms with van der Waals surface area (Å²) in [5.74, 6) is 0.145. The number of aromatic nitrogens is 4. The summed E-state index contributed by atoms with van der Waals surface area (Å²) in [7, 11) is 0. The number of rotatable bonds is 6. The molecule has 0 bridgehead atoms. The van der Waals surface area contributed by atoms with Gasteiger partial charge in [0, 0.05) is 17.1 Å². The van der Waals surface area contributed by atoms with Crippen LogP contribution in [-0.4, -0.2) is 38.8 Å². The molecular formula is C17H15N5O3S. The summed E-state index contributed by atoms with van der Waals surface area (Å²) in [5.41, 5.74) is 2.96. The number of imidazole rings is 1. The summed E-state index contributed by atoms with van der Waals surface area (Å²) in [6.07, 6.45) is 1.87. The fourth-order valence-corrected chi connectivity index (χ4v) is 3.31. The first-order valence-corrected chi connectivity index (χ1v) is 8.82. The lowest BCUT2D eigenvalue weighted by atomic mass is 10.2. The summed E-state index contributed by atoms with van der Waals surface area (Å²) in [6.45, 7) is 2.34. The molecule has 132 valence electrons. The van der Waals surface area contributed by atoms with Crippen LogP contribution in [-0.2, 0) is 0 Å². The third-order valence-corrected chi connectivity index (χ3v) is 4.59. The number of hydrogen-bond donors (Lipinski definition) is 1. The predicted molar refractivity (Wildman–Crippen MR) is 95.4 cm³/mol. The highest BCUT2D eigenvalue weighted by Crippen LogP contribution is 2.23. The third-order valence-electron chi connectivity index (χ3n) is 3.75. The molecule has 0 aliphatic heterocycles. The molecule has 3 aromatic heterocycles. The van der Waals surface area contributed by atoms with Crippen LogP contribution < -0.4 is 10.1 Å². The topological polar surface area (TPSA) is 94.5 Å². The molecule has 4 aromatic rings. The van der Waals surface area contributed by atoms with E-state index in [9.17, 15) is 4.79 Å². The zero-order chi connectivity index (χ0) is 17.9. The summed E-state index contributed by atoms with van der Waals surface area (Å²) in [6, 6.07) is 9.86. The van der Waals surface area contributed by atoms with Gasteiger partial charge in [0.25, 0.3) is 11.8 Å². The fourth-order valence-electron chi connectivity index (χ4n) is 2.45. The van der Waals surface area contributed by atoms with Crippen LogP contribution in [0.1, 0.15) is 16.2 Å². The molecule has 0 fully saturated rings. The van der Waals surface area contributed by atoms with Gasteiger partial charge in [-0.2, -0.15) is 0 Å². The van der Waals surface area contributed by atoms with E-state index >= 15 is 0 Å². The molecule has 1 aromatic carbocycles. The molecule has 0 atom stereocenters. The van der Waals surface area contributed by atoms with Crippen LogP contribution in [0.25, 0.3) is 16.2 Å². The van der Waals surface area contributed by atoms with Crippen molar-refractivity contribution >= 4 is 22.2 Å². The van der Waals surface area contributed by atoms with Gasteiger partial charge in [-0.15, -0.1) is 11.3 Å². The Morgan fingerprint density at radius 2 is 2.15 bits per heavy atom. The molecule has 0 spiro atoms. The molecule has 8 nitrogen and oxygen atoms in total. The number of aryl methyl sites for hydroxylation is 1. The van der Waals surface area contributed by atoms with Crippen molar-refractivity contribution < 1.29 is 14.2 Å². The average Bonchev–Trinajstić information content (AvgIpc) is 3.35. The van der Waals surface area contributed by atoms with Crippen LogP contribution in [0, 0.1) is 6.92 Å². The summed E-state index contributed by atoms with van der Waals surface area (Å²) in [5, 5.41) is 11.9. The smallest absolute Gasteiger partial charge is 0.278 e. The van der Waals surface area contributed by atoms with E-state index in [0.29, 0.717) is 23.8 Å². The first-order valence-electron chi connectivity index (χ1n) is 7.94. The van der Waals surface area contributed by atoms with E-state index in [1.807, 2.05) is 36.5 Å². The van der Waals surface area contributed by atoms with Gasteiger partial charge >= 0.3 is 0 Å². The second-order valence-corrected chi connectivity index (χ2v) is 6.36. The van der Waals surface area contributed by atoms with E-state index in [4.69, 9.17) is 4.74 Å². The largest absolute Gasteiger partial charge is 0.472 e. The number of carbonyl (C=O) groups is 1. The Hall–Kier alpha value is -3.20. The maximum Gasteiger partial charge on any atom is 0.278 e. The van der Waals surface area contributed by atoms with Crippen LogP contribution >= 0.6 is 11.3 Å². The van der Waals surface area contributed by atoms with Gasteiger partial charge in [0.05, 0.1) is 12.2 Å². The van der Waals surface area contributed by atoms with Gasteiger partial charge in [-0.25, -0.2) is 9.61 Å². The van der Waals surface area contributed by atoms with Gasteiger partial charge in [-0.3, -0.25) is 9.20 Å². The predicted octanol–water partition coefficient (Wildman–Crippen LogP) is 2.56. The van der Waals surface area contributed by atoms with E-state index in [0.717, 1.165) is 16.2 Å². The Morgan fingerprint density at radius 1 is 1.31 bits per heavy atom. The van der Waals surface area contributed by atoms with Crippen LogP contribution in [0.2, 0.25) is 0 Å². The summed E-state index contributed by atoms with van der Waals surface area (Å²) >= 11 is 1.43. The number of thiazole rings is 1. The van der Waals surface area contributed by atoms with Crippen LogP contribution in [0.15, 0.2) is 46.5 Å². The zero-order valence-electron chi connectivity index (χ0n) is 13.9. The molecule has 3 heterocycles. The Balaban J connectivity index is 1.42. The molecule has 0 aliphatic rings. The van der Waals surface area contributed by atoms with E-state index in [2.05, 4.69) is 25.2 Å². The van der Waals surface area contributed by atoms with Gasteiger partial charge < -0.3 is 10.1 Å². The Bertz CT molecular complexity index is 1040. The van der Waals surface area contributed by atoms with E-state index in [-0.39, 0.29) is 12.5 Å². The lowest BCUT2D eigenvalue weighted by molar-refractivity contribution is 0.0940. The molecule has 0 radical (unpaired) electrons. The minimum absolute atomic E-state index is 0.188. The summed E-state index contributed by atoms with van der Waals surface area (Å²) in [4.78, 5) is 17.8. The zero-order valence-corrected chi connectivity index (χ0v) is 14.7. The second-order valence-electron chi connectivity index (χ2n) is 5.52. The number of amides is 1. The highest BCUT2D eigenvalue weighted by Gasteiger charge is 2.15. The van der Waals surface area contributed by atoms with Crippen molar-refractivity contribution in [3.05, 3.63) is 53.3 Å². The number of carbonyl (C=O) groups excluding carboxylic acids is 1. The molecule has 4 rings (SSSR count). The lowest BCUT2D eigenvalue weighted by Crippen LogP contribution is -2.29. The number of fused-ring (bicyclic) bond motifs is 1. The molecule has 0 unspecified atom stereocenters. The second kappa shape index (κ2) is 6.96. The monoisotopic (exact) mass is 369 g/mol. The lowest BCUT2D eigenvalue weighted by Gasteiger charge is -2.05. The van der Waals surface area contributed by atoms with Gasteiger partial charge in [0.15, 0.2) is 4.96 Å². The van der Waals surface area contributed by atoms with Crippen molar-refractivity contribution in [1.82, 2.24) is 25.0 Å². The SMILES string of the molecule is Cc1nonc1OCCNC(=O)c1csc2nc(-c3ccccc3)cn12. The average molecular weight is 369 g/mol. The van der Waals surface area contributed by atoms with E-state index in [1.54, 1.807) is 16.7 Å². The fraction of sp³-hybridized carbons (Fsp3) is 0.176. The minimum atomic E-state index is -0.188. The van der Waals surface area contributed by atoms with Crippen LogP contribution in [0.5, 0.6) is 5.88 Å². The normalized spacial score (nSPS) is 11.0. The van der Waals surface area contributed by atoms with Crippen molar-refractivity contribution in [2.45, 2.75) is 6.92 Å². The highest BCUT2D eigenvalue weighted by atomic mass is 32.1. The number of benzene rings is 1. The maximum atomic E-state index is 12.4. The molecule has 0 aliphatic carbocycles. The quantitative estimate of drug-likeness (QED) is 0.525. The van der Waals surface area contributed by atoms with E-state index in [1.165, 1.54) is 11.3 Å². The Kier molecular flexibility index (Phi) is 4.36. The van der Waals surface area contributed by atoms with Gasteiger partial charge in [-0.05, 0) is 12.1 Å². The van der Waals surface area contributed by atoms with Gasteiger partial charge in [0.1, 0.15) is 18.0 Å². The molecule has 26 heavy (non-hydrogen) atoms. The van der Waals surface area contributed by atoms with Crippen LogP contribution in [0.3, 0.4) is 0 Å². The van der Waals surface area contributed by atoms with Crippen molar-refractivity contribution in [2.24, 2.45) is 0 Å². The maximum absolute atomic E-state index is 12.4. The number of hydrogen-bond acceptors (Lipinski definition) is 7. The molecule has 1 amide bonds. The van der Waals surface area contributed by atoms with Crippen LogP contribution in [0.4, 0.5) is 0 Å². The third kappa shape index (κ3) is 3.16. The number of ether oxygens (including phenoxy) is 1. The molecule has 0 saturated heterocycles. The molecule has 9 heteroatoms. The number of nitrogens with one attached hydrogen (secondary N) is 1. The molecular weight excluding hydrogens is 354 g/mol. The Morgan fingerprint density at radius 3 is 2.92 bits per heavy atom. The highest BCUT2D eigenvalue weighted by molar-refractivity contribution is 7.15. The molecule has 0 saturated carbocycles. The van der Waals surface area contributed by atoms with Crippen molar-refractivity contribution in [3.8, 4) is 17.1 Å². The molecule has 1 N–H and O–H groups in total. The van der Waals surface area contributed by atoms with Crippen molar-refractivity contribution in [1.29, 1.82) is 0 Å². The van der Waals surface area contributed by atoms with Gasteiger partial charge in [0.2, 0.25) is 0 Å². The van der Waals surface area contributed by atoms with Gasteiger partial charge in [-0.1, -0.05) is 35.5 Å². The first-order chi connectivity index (χ1) is 12.7. The standard InChI is InChI=1S/C17H15N5O3S/c1-11-16(21-25-20-11)24-8-7-18-15(23)14-10-26-17-19-13(9-22(14)17)12-5-3-2-4-6-12/h2-6,9-10H,7-8H2,1H3,(H,18,23). The van der Waals surface area contributed by atoms with E-state index < -0.39 is 0 Å². The summed E-state index contributed by atoms with van der Waals surface area (Å²) < 4.78 is 11.7. The number of nitrogens with zero attached hydrogens (tertiary/aromatic N) is 4. The van der Waals surface area contributed by atoms with Crippen molar-refractivity contribution in [2.75, 3.05) is 13.2 Å². The first kappa shape index (κ1) is 16.3.